The Hall–Kier alpha value is -0.630. The fourth-order valence-electron chi connectivity index (χ4n) is 1.13. The maximum Gasteiger partial charge on any atom is 0.119 e. The number of ether oxygens (including phenoxy) is 1. The first-order valence-corrected chi connectivity index (χ1v) is 4.94. The van der Waals surface area contributed by atoms with Gasteiger partial charge in [-0.1, -0.05) is 12.1 Å². The molecule has 0 radical (unpaired) electrons. The Labute approximate surface area is 85.5 Å². The third-order valence-corrected chi connectivity index (χ3v) is 2.13. The van der Waals surface area contributed by atoms with E-state index in [4.69, 9.17) is 4.74 Å². The van der Waals surface area contributed by atoms with Gasteiger partial charge >= 0.3 is 0 Å². The van der Waals surface area contributed by atoms with Gasteiger partial charge in [0.15, 0.2) is 0 Å². The van der Waals surface area contributed by atoms with Crippen molar-refractivity contribution in [3.8, 4) is 5.75 Å². The summed E-state index contributed by atoms with van der Waals surface area (Å²) in [5, 5.41) is 0. The van der Waals surface area contributed by atoms with E-state index in [1.54, 1.807) is 0 Å². The maximum atomic E-state index is 5.35. The monoisotopic (exact) mass is 196 g/mol. The normalized spacial score (nSPS) is 11.4. The summed E-state index contributed by atoms with van der Waals surface area (Å²) in [4.78, 5) is 0. The van der Waals surface area contributed by atoms with Crippen LogP contribution in [-0.4, -0.2) is 6.61 Å². The van der Waals surface area contributed by atoms with Gasteiger partial charge in [0.05, 0.1) is 6.61 Å². The minimum absolute atomic E-state index is 0.0786. The summed E-state index contributed by atoms with van der Waals surface area (Å²) >= 11 is 4.49. The fourth-order valence-corrected chi connectivity index (χ4v) is 1.27. The van der Waals surface area contributed by atoms with Gasteiger partial charge in [0, 0.05) is 4.75 Å². The quantitative estimate of drug-likeness (QED) is 0.730. The zero-order valence-electron chi connectivity index (χ0n) is 8.37. The van der Waals surface area contributed by atoms with Crippen molar-refractivity contribution in [2.24, 2.45) is 0 Å². The third kappa shape index (κ3) is 2.96. The number of hydrogen-bond acceptors (Lipinski definition) is 2. The second-order valence-electron chi connectivity index (χ2n) is 3.52. The van der Waals surface area contributed by atoms with Crippen LogP contribution in [0.3, 0.4) is 0 Å². The van der Waals surface area contributed by atoms with Crippen LogP contribution in [-0.2, 0) is 4.75 Å². The van der Waals surface area contributed by atoms with Crippen molar-refractivity contribution >= 4 is 12.6 Å². The molecule has 1 rings (SSSR count). The number of benzene rings is 1. The van der Waals surface area contributed by atoms with Crippen molar-refractivity contribution in [1.29, 1.82) is 0 Å². The van der Waals surface area contributed by atoms with E-state index in [9.17, 15) is 0 Å². The largest absolute Gasteiger partial charge is 0.494 e. The van der Waals surface area contributed by atoms with Crippen LogP contribution in [0.15, 0.2) is 24.3 Å². The van der Waals surface area contributed by atoms with Crippen molar-refractivity contribution in [3.63, 3.8) is 0 Å². The van der Waals surface area contributed by atoms with E-state index >= 15 is 0 Å². The van der Waals surface area contributed by atoms with E-state index in [1.165, 1.54) is 5.56 Å². The summed E-state index contributed by atoms with van der Waals surface area (Å²) in [6.07, 6.45) is 0. The lowest BCUT2D eigenvalue weighted by Gasteiger charge is -2.18. The van der Waals surface area contributed by atoms with Crippen molar-refractivity contribution < 1.29 is 4.74 Å². The van der Waals surface area contributed by atoms with Crippen molar-refractivity contribution in [2.75, 3.05) is 6.61 Å². The first kappa shape index (κ1) is 10.5. The molecule has 0 N–H and O–H groups in total. The molecule has 0 fully saturated rings. The molecule has 0 heterocycles. The first-order chi connectivity index (χ1) is 6.04. The smallest absolute Gasteiger partial charge is 0.119 e. The molecule has 0 bridgehead atoms. The van der Waals surface area contributed by atoms with Gasteiger partial charge in [-0.25, -0.2) is 0 Å². The van der Waals surface area contributed by atoms with E-state index in [0.29, 0.717) is 6.61 Å². The SMILES string of the molecule is CCOc1ccc(C(C)(C)S)cc1. The lowest BCUT2D eigenvalue weighted by molar-refractivity contribution is 0.340. The molecular formula is C11H16OS. The molecule has 0 unspecified atom stereocenters. The van der Waals surface area contributed by atoms with Crippen LogP contribution in [0, 0.1) is 0 Å². The molecule has 0 spiro atoms. The summed E-state index contributed by atoms with van der Waals surface area (Å²) in [6, 6.07) is 8.07. The van der Waals surface area contributed by atoms with Crippen molar-refractivity contribution in [1.82, 2.24) is 0 Å². The van der Waals surface area contributed by atoms with E-state index < -0.39 is 0 Å². The maximum absolute atomic E-state index is 5.35. The van der Waals surface area contributed by atoms with Crippen LogP contribution in [0.25, 0.3) is 0 Å². The standard InChI is InChI=1S/C11H16OS/c1-4-12-10-7-5-9(6-8-10)11(2,3)13/h5-8,13H,4H2,1-3H3. The first-order valence-electron chi connectivity index (χ1n) is 4.49. The molecule has 0 amide bonds. The molecular weight excluding hydrogens is 180 g/mol. The predicted octanol–water partition coefficient (Wildman–Crippen LogP) is 3.25. The van der Waals surface area contributed by atoms with Crippen LogP contribution in [0.5, 0.6) is 5.75 Å². The highest BCUT2D eigenvalue weighted by molar-refractivity contribution is 7.81. The Balaban J connectivity index is 2.81. The topological polar surface area (TPSA) is 9.23 Å². The van der Waals surface area contributed by atoms with Crippen LogP contribution in [0.2, 0.25) is 0 Å². The van der Waals surface area contributed by atoms with Crippen molar-refractivity contribution in [2.45, 2.75) is 25.5 Å². The van der Waals surface area contributed by atoms with E-state index in [1.807, 2.05) is 19.1 Å². The molecule has 72 valence electrons. The zero-order valence-corrected chi connectivity index (χ0v) is 9.27. The fraction of sp³-hybridized carbons (Fsp3) is 0.455. The molecule has 1 aromatic carbocycles. The summed E-state index contributed by atoms with van der Waals surface area (Å²) < 4.78 is 5.27. The molecule has 1 aromatic rings. The molecule has 13 heavy (non-hydrogen) atoms. The molecule has 1 nitrogen and oxygen atoms in total. The molecule has 2 heteroatoms. The summed E-state index contributed by atoms with van der Waals surface area (Å²) in [6.45, 7) is 6.84. The second-order valence-corrected chi connectivity index (χ2v) is 4.63. The van der Waals surface area contributed by atoms with Crippen LogP contribution in [0.1, 0.15) is 26.3 Å². The number of hydrogen-bond donors (Lipinski definition) is 1. The van der Waals surface area contributed by atoms with Gasteiger partial charge in [0.2, 0.25) is 0 Å². The summed E-state index contributed by atoms with van der Waals surface area (Å²) in [5.41, 5.74) is 1.21. The molecule has 0 saturated carbocycles. The van der Waals surface area contributed by atoms with Gasteiger partial charge < -0.3 is 4.74 Å². The molecule has 0 aliphatic rings. The van der Waals surface area contributed by atoms with Gasteiger partial charge in [-0.15, -0.1) is 0 Å². The lowest BCUT2D eigenvalue weighted by atomic mass is 10.0. The highest BCUT2D eigenvalue weighted by Gasteiger charge is 2.13. The lowest BCUT2D eigenvalue weighted by Crippen LogP contribution is -2.07. The van der Waals surface area contributed by atoms with Gasteiger partial charge in [-0.05, 0) is 38.5 Å². The Kier molecular flexibility index (Phi) is 3.26. The Morgan fingerprint density at radius 1 is 1.23 bits per heavy atom. The van der Waals surface area contributed by atoms with Gasteiger partial charge in [-0.3, -0.25) is 0 Å². The third-order valence-electron chi connectivity index (χ3n) is 1.87. The molecule has 0 atom stereocenters. The van der Waals surface area contributed by atoms with Crippen LogP contribution in [0.4, 0.5) is 0 Å². The molecule has 0 saturated heterocycles. The predicted molar refractivity (Wildman–Crippen MR) is 59.6 cm³/mol. The highest BCUT2D eigenvalue weighted by atomic mass is 32.1. The zero-order chi connectivity index (χ0) is 9.90. The van der Waals surface area contributed by atoms with Gasteiger partial charge in [0.25, 0.3) is 0 Å². The van der Waals surface area contributed by atoms with Crippen LogP contribution < -0.4 is 4.74 Å². The Morgan fingerprint density at radius 3 is 2.15 bits per heavy atom. The minimum atomic E-state index is -0.0786. The molecule has 0 aliphatic heterocycles. The molecule has 0 aromatic heterocycles. The van der Waals surface area contributed by atoms with Gasteiger partial charge in [0.1, 0.15) is 5.75 Å². The highest BCUT2D eigenvalue weighted by Crippen LogP contribution is 2.28. The summed E-state index contributed by atoms with van der Waals surface area (Å²) in [7, 11) is 0. The Bertz CT molecular complexity index is 258. The second kappa shape index (κ2) is 4.05. The Morgan fingerprint density at radius 2 is 1.77 bits per heavy atom. The summed E-state index contributed by atoms with van der Waals surface area (Å²) in [5.74, 6) is 0.920. The van der Waals surface area contributed by atoms with E-state index in [0.717, 1.165) is 5.75 Å². The van der Waals surface area contributed by atoms with Crippen LogP contribution >= 0.6 is 12.6 Å². The number of rotatable bonds is 3. The van der Waals surface area contributed by atoms with E-state index in [2.05, 4.69) is 38.6 Å². The van der Waals surface area contributed by atoms with Gasteiger partial charge in [-0.2, -0.15) is 12.6 Å². The average Bonchev–Trinajstić information content (AvgIpc) is 2.04. The van der Waals surface area contributed by atoms with E-state index in [-0.39, 0.29) is 4.75 Å². The number of thiol groups is 1. The molecule has 0 aliphatic carbocycles. The van der Waals surface area contributed by atoms with Crippen molar-refractivity contribution in [3.05, 3.63) is 29.8 Å². The minimum Gasteiger partial charge on any atom is -0.494 e. The average molecular weight is 196 g/mol.